The molecule has 126 valence electrons. The minimum absolute atomic E-state index is 0.246. The molecule has 0 aliphatic heterocycles. The van der Waals surface area contributed by atoms with Crippen LogP contribution >= 0.6 is 0 Å². The van der Waals surface area contributed by atoms with Crippen molar-refractivity contribution < 1.29 is 13.9 Å². The highest BCUT2D eigenvalue weighted by Crippen LogP contribution is 2.26. The third-order valence-electron chi connectivity index (χ3n) is 3.69. The molecule has 1 aromatic carbocycles. The smallest absolute Gasteiger partial charge is 0.254 e. The number of rotatable bonds is 5. The molecule has 0 saturated carbocycles. The number of nitrogen functional groups attached to an aromatic ring is 1. The van der Waals surface area contributed by atoms with Crippen molar-refractivity contribution in [2.24, 2.45) is 0 Å². The van der Waals surface area contributed by atoms with Crippen LogP contribution in [-0.4, -0.2) is 26.6 Å². The van der Waals surface area contributed by atoms with Gasteiger partial charge in [-0.1, -0.05) is 12.1 Å². The standard InChI is InChI=1S/C17H15N5O3/c18-14-13-16(25-15(20-13)11-6-8-24-9-11)22-17(21-14)19-7-5-10-1-3-12(23)4-2-10/h1-4,6,8-9,23H,5,7H2,(H3,18,19,21,22). The molecule has 0 aliphatic carbocycles. The molecule has 25 heavy (non-hydrogen) atoms. The minimum atomic E-state index is 0.246. The van der Waals surface area contributed by atoms with Gasteiger partial charge in [0.05, 0.1) is 11.8 Å². The van der Waals surface area contributed by atoms with Crippen LogP contribution in [0, 0.1) is 0 Å². The molecule has 0 spiro atoms. The normalized spacial score (nSPS) is 11.0. The Morgan fingerprint density at radius 2 is 1.92 bits per heavy atom. The second kappa shape index (κ2) is 6.16. The number of hydrogen-bond acceptors (Lipinski definition) is 8. The molecule has 3 aromatic heterocycles. The Labute approximate surface area is 142 Å². The zero-order chi connectivity index (χ0) is 17.2. The number of hydrogen-bond donors (Lipinski definition) is 3. The van der Waals surface area contributed by atoms with Crippen LogP contribution in [0.3, 0.4) is 0 Å². The molecule has 8 nitrogen and oxygen atoms in total. The van der Waals surface area contributed by atoms with Gasteiger partial charge in [-0.2, -0.15) is 9.97 Å². The Kier molecular flexibility index (Phi) is 3.70. The van der Waals surface area contributed by atoms with Crippen LogP contribution < -0.4 is 11.1 Å². The van der Waals surface area contributed by atoms with Crippen molar-refractivity contribution in [3.8, 4) is 17.2 Å². The maximum absolute atomic E-state index is 9.29. The lowest BCUT2D eigenvalue weighted by molar-refractivity contribution is 0.475. The summed E-state index contributed by atoms with van der Waals surface area (Å²) in [5, 5.41) is 12.4. The summed E-state index contributed by atoms with van der Waals surface area (Å²) in [6, 6.07) is 8.78. The van der Waals surface area contributed by atoms with Crippen LogP contribution in [0.1, 0.15) is 5.56 Å². The fraction of sp³-hybridized carbons (Fsp3) is 0.118. The van der Waals surface area contributed by atoms with Crippen molar-refractivity contribution in [3.05, 3.63) is 48.4 Å². The molecule has 4 N–H and O–H groups in total. The van der Waals surface area contributed by atoms with E-state index in [1.807, 2.05) is 12.1 Å². The highest BCUT2D eigenvalue weighted by atomic mass is 16.4. The molecule has 0 radical (unpaired) electrons. The van der Waals surface area contributed by atoms with Gasteiger partial charge in [0.1, 0.15) is 12.0 Å². The first-order valence-electron chi connectivity index (χ1n) is 7.67. The van der Waals surface area contributed by atoms with Crippen molar-refractivity contribution in [3.63, 3.8) is 0 Å². The topological polar surface area (TPSA) is 123 Å². The average molecular weight is 337 g/mol. The lowest BCUT2D eigenvalue weighted by Gasteiger charge is -2.05. The number of phenolic OH excluding ortho intramolecular Hbond substituents is 1. The van der Waals surface area contributed by atoms with Gasteiger partial charge < -0.3 is 25.0 Å². The molecule has 3 heterocycles. The summed E-state index contributed by atoms with van der Waals surface area (Å²) in [4.78, 5) is 12.8. The fourth-order valence-corrected chi connectivity index (χ4v) is 2.41. The van der Waals surface area contributed by atoms with Crippen LogP contribution in [-0.2, 0) is 6.42 Å². The van der Waals surface area contributed by atoms with E-state index in [1.165, 1.54) is 12.5 Å². The van der Waals surface area contributed by atoms with E-state index in [1.54, 1.807) is 18.2 Å². The van der Waals surface area contributed by atoms with Crippen molar-refractivity contribution in [1.82, 2.24) is 15.0 Å². The number of oxazole rings is 1. The summed E-state index contributed by atoms with van der Waals surface area (Å²) in [5.41, 5.74) is 8.48. The maximum Gasteiger partial charge on any atom is 0.254 e. The van der Waals surface area contributed by atoms with E-state index in [0.717, 1.165) is 12.0 Å². The monoisotopic (exact) mass is 337 g/mol. The summed E-state index contributed by atoms with van der Waals surface area (Å²) in [6.07, 6.45) is 3.82. The third kappa shape index (κ3) is 3.09. The number of nitrogens with zero attached hydrogens (tertiary/aromatic N) is 3. The zero-order valence-corrected chi connectivity index (χ0v) is 13.1. The molecule has 4 aromatic rings. The quantitative estimate of drug-likeness (QED) is 0.508. The number of fused-ring (bicyclic) bond motifs is 1. The largest absolute Gasteiger partial charge is 0.508 e. The lowest BCUT2D eigenvalue weighted by Crippen LogP contribution is -2.09. The Morgan fingerprint density at radius 3 is 2.68 bits per heavy atom. The van der Waals surface area contributed by atoms with Gasteiger partial charge in [-0.15, -0.1) is 0 Å². The molecule has 0 bridgehead atoms. The molecular weight excluding hydrogens is 322 g/mol. The second-order valence-corrected chi connectivity index (χ2v) is 5.46. The highest BCUT2D eigenvalue weighted by Gasteiger charge is 2.15. The van der Waals surface area contributed by atoms with E-state index >= 15 is 0 Å². The van der Waals surface area contributed by atoms with E-state index in [2.05, 4.69) is 20.3 Å². The van der Waals surface area contributed by atoms with E-state index in [0.29, 0.717) is 35.2 Å². The Morgan fingerprint density at radius 1 is 1.08 bits per heavy atom. The van der Waals surface area contributed by atoms with Crippen molar-refractivity contribution in [1.29, 1.82) is 0 Å². The second-order valence-electron chi connectivity index (χ2n) is 5.46. The summed E-state index contributed by atoms with van der Waals surface area (Å²) < 4.78 is 10.7. The first-order chi connectivity index (χ1) is 12.2. The van der Waals surface area contributed by atoms with Gasteiger partial charge >= 0.3 is 0 Å². The predicted molar refractivity (Wildman–Crippen MR) is 92.0 cm³/mol. The lowest BCUT2D eigenvalue weighted by atomic mass is 10.1. The van der Waals surface area contributed by atoms with Gasteiger partial charge in [-0.25, -0.2) is 4.98 Å². The van der Waals surface area contributed by atoms with Gasteiger partial charge in [-0.3, -0.25) is 0 Å². The Balaban J connectivity index is 1.51. The fourth-order valence-electron chi connectivity index (χ4n) is 2.41. The molecule has 0 atom stereocenters. The van der Waals surface area contributed by atoms with Gasteiger partial charge in [0.25, 0.3) is 5.71 Å². The van der Waals surface area contributed by atoms with Crippen molar-refractivity contribution in [2.45, 2.75) is 6.42 Å². The SMILES string of the molecule is Nc1nc(NCCc2ccc(O)cc2)nc2oc(-c3ccoc3)nc12. The van der Waals surface area contributed by atoms with Crippen molar-refractivity contribution in [2.75, 3.05) is 17.6 Å². The number of aromatic nitrogens is 3. The van der Waals surface area contributed by atoms with Crippen molar-refractivity contribution >= 4 is 23.0 Å². The molecule has 0 amide bonds. The summed E-state index contributed by atoms with van der Waals surface area (Å²) >= 11 is 0. The van der Waals surface area contributed by atoms with E-state index in [-0.39, 0.29) is 11.6 Å². The Bertz CT molecular complexity index is 993. The number of furan rings is 1. The summed E-state index contributed by atoms with van der Waals surface area (Å²) in [7, 11) is 0. The third-order valence-corrected chi connectivity index (χ3v) is 3.69. The molecular formula is C17H15N5O3. The minimum Gasteiger partial charge on any atom is -0.508 e. The van der Waals surface area contributed by atoms with E-state index in [4.69, 9.17) is 14.6 Å². The number of anilines is 2. The summed E-state index contributed by atoms with van der Waals surface area (Å²) in [6.45, 7) is 0.610. The predicted octanol–water partition coefficient (Wildman–Crippen LogP) is 2.82. The maximum atomic E-state index is 9.29. The van der Waals surface area contributed by atoms with Gasteiger partial charge in [0, 0.05) is 6.54 Å². The number of nitrogens with two attached hydrogens (primary N) is 1. The average Bonchev–Trinajstić information content (AvgIpc) is 3.26. The van der Waals surface area contributed by atoms with Crippen LogP contribution in [0.15, 0.2) is 51.7 Å². The van der Waals surface area contributed by atoms with Crippen LogP contribution in [0.4, 0.5) is 11.8 Å². The van der Waals surface area contributed by atoms with Crippen LogP contribution in [0.25, 0.3) is 22.7 Å². The number of aromatic hydroxyl groups is 1. The first kappa shape index (κ1) is 15.0. The highest BCUT2D eigenvalue weighted by molar-refractivity contribution is 5.83. The number of phenols is 1. The molecule has 0 fully saturated rings. The van der Waals surface area contributed by atoms with Gasteiger partial charge in [0.2, 0.25) is 11.8 Å². The van der Waals surface area contributed by atoms with E-state index in [9.17, 15) is 5.11 Å². The zero-order valence-electron chi connectivity index (χ0n) is 13.1. The van der Waals surface area contributed by atoms with Gasteiger partial charge in [0.15, 0.2) is 11.3 Å². The van der Waals surface area contributed by atoms with Gasteiger partial charge in [-0.05, 0) is 30.2 Å². The molecule has 4 rings (SSSR count). The number of nitrogens with one attached hydrogen (secondary N) is 1. The molecule has 0 aliphatic rings. The van der Waals surface area contributed by atoms with Crippen LogP contribution in [0.2, 0.25) is 0 Å². The molecule has 0 saturated heterocycles. The summed E-state index contributed by atoms with van der Waals surface area (Å²) in [5.74, 6) is 1.25. The number of benzene rings is 1. The van der Waals surface area contributed by atoms with E-state index < -0.39 is 0 Å². The first-order valence-corrected chi connectivity index (χ1v) is 7.67. The van der Waals surface area contributed by atoms with Crippen LogP contribution in [0.5, 0.6) is 5.75 Å². The Hall–Kier alpha value is -3.55. The molecule has 0 unspecified atom stereocenters. The molecule has 8 heteroatoms.